The zero-order valence-corrected chi connectivity index (χ0v) is 16.1. The number of nitrogens with zero attached hydrogens (tertiary/aromatic N) is 2. The number of rotatable bonds is 5. The Morgan fingerprint density at radius 1 is 1.30 bits per heavy atom. The third-order valence-electron chi connectivity index (χ3n) is 5.25. The molecule has 1 aromatic carbocycles. The highest BCUT2D eigenvalue weighted by atomic mass is 32.1. The van der Waals surface area contributed by atoms with Crippen molar-refractivity contribution in [3.05, 3.63) is 45.7 Å². The van der Waals surface area contributed by atoms with E-state index in [9.17, 15) is 9.18 Å². The fourth-order valence-electron chi connectivity index (χ4n) is 3.69. The van der Waals surface area contributed by atoms with E-state index < -0.39 is 5.82 Å². The summed E-state index contributed by atoms with van der Waals surface area (Å²) in [5.41, 5.74) is 1.75. The van der Waals surface area contributed by atoms with Gasteiger partial charge in [-0.1, -0.05) is 12.8 Å². The zero-order valence-electron chi connectivity index (χ0n) is 15.2. The quantitative estimate of drug-likeness (QED) is 0.839. The first-order valence-corrected chi connectivity index (χ1v) is 10.4. The Hall–Kier alpha value is -1.99. The molecule has 0 radical (unpaired) electrons. The number of thiazole rings is 1. The van der Waals surface area contributed by atoms with Crippen molar-refractivity contribution in [3.8, 4) is 0 Å². The standard InChI is InChI=1S/C20H24FN3O2S/c21-18-11-15(5-6-17(18)20(25)24-7-9-26-10-8-24)22-12-16-13-27-19(23-16)14-3-1-2-4-14/h5-6,11,13-14,22H,1-4,7-10,12H2. The lowest BCUT2D eigenvalue weighted by atomic mass is 10.1. The van der Waals surface area contributed by atoms with Crippen LogP contribution in [0.3, 0.4) is 0 Å². The molecule has 27 heavy (non-hydrogen) atoms. The monoisotopic (exact) mass is 389 g/mol. The Labute approximate surface area is 162 Å². The first kappa shape index (κ1) is 18.4. The van der Waals surface area contributed by atoms with Crippen LogP contribution in [0.5, 0.6) is 0 Å². The van der Waals surface area contributed by atoms with Gasteiger partial charge in [-0.25, -0.2) is 9.37 Å². The van der Waals surface area contributed by atoms with Gasteiger partial charge in [-0.05, 0) is 31.0 Å². The normalized spacial score (nSPS) is 18.0. The van der Waals surface area contributed by atoms with Crippen LogP contribution in [0.15, 0.2) is 23.6 Å². The maximum absolute atomic E-state index is 14.5. The van der Waals surface area contributed by atoms with Gasteiger partial charge in [-0.15, -0.1) is 11.3 Å². The van der Waals surface area contributed by atoms with E-state index in [0.29, 0.717) is 44.5 Å². The Kier molecular flexibility index (Phi) is 5.69. The molecule has 144 valence electrons. The number of ether oxygens (including phenoxy) is 1. The molecule has 1 aliphatic heterocycles. The SMILES string of the molecule is O=C(c1ccc(NCc2csc(C3CCCC3)n2)cc1F)N1CCOCC1. The summed E-state index contributed by atoms with van der Waals surface area (Å²) >= 11 is 1.72. The second-order valence-electron chi connectivity index (χ2n) is 7.11. The van der Waals surface area contributed by atoms with E-state index in [2.05, 4.69) is 10.7 Å². The molecule has 0 unspecified atom stereocenters. The van der Waals surface area contributed by atoms with E-state index in [1.54, 1.807) is 28.4 Å². The first-order chi connectivity index (χ1) is 13.2. The maximum Gasteiger partial charge on any atom is 0.256 e. The van der Waals surface area contributed by atoms with Crippen LogP contribution in [-0.4, -0.2) is 42.1 Å². The van der Waals surface area contributed by atoms with Gasteiger partial charge in [-0.2, -0.15) is 0 Å². The summed E-state index contributed by atoms with van der Waals surface area (Å²) in [5, 5.41) is 6.51. The summed E-state index contributed by atoms with van der Waals surface area (Å²) in [6.45, 7) is 2.57. The predicted molar refractivity (Wildman–Crippen MR) is 104 cm³/mol. The average molecular weight is 389 g/mol. The smallest absolute Gasteiger partial charge is 0.256 e. The summed E-state index contributed by atoms with van der Waals surface area (Å²) in [4.78, 5) is 18.8. The highest BCUT2D eigenvalue weighted by Gasteiger charge is 2.22. The summed E-state index contributed by atoms with van der Waals surface area (Å²) in [6, 6.07) is 4.69. The highest BCUT2D eigenvalue weighted by Crippen LogP contribution is 2.35. The third-order valence-corrected chi connectivity index (χ3v) is 6.30. The fraction of sp³-hybridized carbons (Fsp3) is 0.500. The van der Waals surface area contributed by atoms with Crippen molar-refractivity contribution < 1.29 is 13.9 Å². The Balaban J connectivity index is 1.37. The molecule has 2 aliphatic rings. The number of morpholine rings is 1. The van der Waals surface area contributed by atoms with Crippen molar-refractivity contribution >= 4 is 22.9 Å². The minimum Gasteiger partial charge on any atom is -0.379 e. The van der Waals surface area contributed by atoms with Crippen LogP contribution in [-0.2, 0) is 11.3 Å². The van der Waals surface area contributed by atoms with Crippen molar-refractivity contribution in [2.45, 2.75) is 38.1 Å². The zero-order chi connectivity index (χ0) is 18.6. The molecule has 7 heteroatoms. The van der Waals surface area contributed by atoms with E-state index >= 15 is 0 Å². The van der Waals surface area contributed by atoms with Crippen LogP contribution < -0.4 is 5.32 Å². The molecule has 1 aliphatic carbocycles. The average Bonchev–Trinajstić information content (AvgIpc) is 3.38. The van der Waals surface area contributed by atoms with Gasteiger partial charge >= 0.3 is 0 Å². The second-order valence-corrected chi connectivity index (χ2v) is 8.00. The van der Waals surface area contributed by atoms with Crippen LogP contribution in [0, 0.1) is 5.82 Å². The minimum atomic E-state index is -0.499. The number of nitrogens with one attached hydrogen (secondary N) is 1. The Morgan fingerprint density at radius 2 is 2.07 bits per heavy atom. The van der Waals surface area contributed by atoms with E-state index in [0.717, 1.165) is 5.69 Å². The Morgan fingerprint density at radius 3 is 2.81 bits per heavy atom. The number of halogens is 1. The molecule has 0 bridgehead atoms. The van der Waals surface area contributed by atoms with Gasteiger partial charge in [0.25, 0.3) is 5.91 Å². The van der Waals surface area contributed by atoms with Gasteiger partial charge in [0.05, 0.1) is 36.0 Å². The Bertz CT molecular complexity index is 798. The largest absolute Gasteiger partial charge is 0.379 e. The molecule has 1 N–H and O–H groups in total. The number of aromatic nitrogens is 1. The van der Waals surface area contributed by atoms with Crippen molar-refractivity contribution in [3.63, 3.8) is 0 Å². The lowest BCUT2D eigenvalue weighted by Crippen LogP contribution is -2.41. The molecule has 2 aromatic rings. The number of anilines is 1. The molecule has 0 spiro atoms. The van der Waals surface area contributed by atoms with Crippen LogP contribution in [0.25, 0.3) is 0 Å². The number of benzene rings is 1. The van der Waals surface area contributed by atoms with Gasteiger partial charge < -0.3 is 15.0 Å². The van der Waals surface area contributed by atoms with Crippen LogP contribution in [0.1, 0.15) is 52.7 Å². The van der Waals surface area contributed by atoms with Crippen LogP contribution >= 0.6 is 11.3 Å². The lowest BCUT2D eigenvalue weighted by molar-refractivity contribution is 0.0300. The van der Waals surface area contributed by atoms with Gasteiger partial charge in [0, 0.05) is 30.1 Å². The van der Waals surface area contributed by atoms with Crippen molar-refractivity contribution in [2.75, 3.05) is 31.6 Å². The lowest BCUT2D eigenvalue weighted by Gasteiger charge is -2.27. The van der Waals surface area contributed by atoms with E-state index in [-0.39, 0.29) is 11.5 Å². The van der Waals surface area contributed by atoms with Gasteiger partial charge in [0.1, 0.15) is 5.82 Å². The first-order valence-electron chi connectivity index (χ1n) is 9.55. The van der Waals surface area contributed by atoms with Crippen LogP contribution in [0.2, 0.25) is 0 Å². The van der Waals surface area contributed by atoms with E-state index in [1.165, 1.54) is 36.8 Å². The van der Waals surface area contributed by atoms with Crippen molar-refractivity contribution in [2.24, 2.45) is 0 Å². The number of carbonyl (C=O) groups excluding carboxylic acids is 1. The topological polar surface area (TPSA) is 54.5 Å². The van der Waals surface area contributed by atoms with Gasteiger partial charge in [0.15, 0.2) is 0 Å². The van der Waals surface area contributed by atoms with Crippen LogP contribution in [0.4, 0.5) is 10.1 Å². The number of carbonyl (C=O) groups is 1. The number of amides is 1. The molecule has 5 nitrogen and oxygen atoms in total. The molecule has 0 atom stereocenters. The van der Waals surface area contributed by atoms with Crippen molar-refractivity contribution in [1.82, 2.24) is 9.88 Å². The second kappa shape index (κ2) is 8.35. The molecule has 1 aromatic heterocycles. The van der Waals surface area contributed by atoms with Gasteiger partial charge in [0.2, 0.25) is 0 Å². The number of hydrogen-bond donors (Lipinski definition) is 1. The summed E-state index contributed by atoms with van der Waals surface area (Å²) in [7, 11) is 0. The summed E-state index contributed by atoms with van der Waals surface area (Å²) in [5.74, 6) is -0.156. The van der Waals surface area contributed by atoms with Crippen molar-refractivity contribution in [1.29, 1.82) is 0 Å². The summed E-state index contributed by atoms with van der Waals surface area (Å²) in [6.07, 6.45) is 5.08. The maximum atomic E-state index is 14.5. The molecule has 1 saturated carbocycles. The molecule has 1 saturated heterocycles. The fourth-order valence-corrected chi connectivity index (χ4v) is 4.68. The number of hydrogen-bond acceptors (Lipinski definition) is 5. The molecule has 4 rings (SSSR count). The molecular formula is C20H24FN3O2S. The molecule has 2 fully saturated rings. The van der Waals surface area contributed by atoms with Gasteiger partial charge in [-0.3, -0.25) is 4.79 Å². The molecule has 2 heterocycles. The third kappa shape index (κ3) is 4.30. The van der Waals surface area contributed by atoms with E-state index in [4.69, 9.17) is 9.72 Å². The van der Waals surface area contributed by atoms with E-state index in [1.807, 2.05) is 0 Å². The minimum absolute atomic E-state index is 0.111. The highest BCUT2D eigenvalue weighted by molar-refractivity contribution is 7.09. The summed E-state index contributed by atoms with van der Waals surface area (Å²) < 4.78 is 19.7. The predicted octanol–water partition coefficient (Wildman–Crippen LogP) is 4.02. The molecular weight excluding hydrogens is 365 g/mol. The molecule has 1 amide bonds.